The maximum Gasteiger partial charge on any atom is 0.294 e. The van der Waals surface area contributed by atoms with E-state index in [9.17, 15) is 4.79 Å². The summed E-state index contributed by atoms with van der Waals surface area (Å²) in [7, 11) is 0. The highest BCUT2D eigenvalue weighted by molar-refractivity contribution is 6.03. The molecule has 25 heavy (non-hydrogen) atoms. The van der Waals surface area contributed by atoms with E-state index >= 15 is 0 Å². The molecule has 0 saturated carbocycles. The number of hydrogen-bond acceptors (Lipinski definition) is 5. The van der Waals surface area contributed by atoms with Gasteiger partial charge in [-0.25, -0.2) is 0 Å². The van der Waals surface area contributed by atoms with Gasteiger partial charge in [-0.3, -0.25) is 4.79 Å². The van der Waals surface area contributed by atoms with Crippen LogP contribution in [-0.2, 0) is 0 Å². The van der Waals surface area contributed by atoms with Gasteiger partial charge in [0.05, 0.1) is 11.4 Å². The van der Waals surface area contributed by atoms with E-state index in [2.05, 4.69) is 10.5 Å². The van der Waals surface area contributed by atoms with E-state index in [-0.39, 0.29) is 11.7 Å². The standard InChI is InChI=1S/C19H18N2O4/c1-14-13-18(25-21-14)19(22)20-16-9-5-6-10-17(16)24-12-11-23-15-7-3-2-4-8-15/h2-10,13H,11-12H2,1H3,(H,20,22). The van der Waals surface area contributed by atoms with Crippen LogP contribution in [0, 0.1) is 6.92 Å². The van der Waals surface area contributed by atoms with E-state index in [1.54, 1.807) is 25.1 Å². The highest BCUT2D eigenvalue weighted by Gasteiger charge is 2.14. The van der Waals surface area contributed by atoms with Gasteiger partial charge in [-0.15, -0.1) is 0 Å². The minimum atomic E-state index is -0.378. The van der Waals surface area contributed by atoms with Gasteiger partial charge in [0.2, 0.25) is 5.76 Å². The number of amides is 1. The van der Waals surface area contributed by atoms with Crippen molar-refractivity contribution in [2.75, 3.05) is 18.5 Å². The van der Waals surface area contributed by atoms with E-state index in [0.717, 1.165) is 5.75 Å². The van der Waals surface area contributed by atoms with Crippen LogP contribution in [0.2, 0.25) is 0 Å². The monoisotopic (exact) mass is 338 g/mol. The molecule has 1 amide bonds. The SMILES string of the molecule is Cc1cc(C(=O)Nc2ccccc2OCCOc2ccccc2)on1. The smallest absolute Gasteiger partial charge is 0.294 e. The highest BCUT2D eigenvalue weighted by atomic mass is 16.5. The fourth-order valence-corrected chi connectivity index (χ4v) is 2.18. The molecule has 0 unspecified atom stereocenters. The van der Waals surface area contributed by atoms with Crippen molar-refractivity contribution in [3.63, 3.8) is 0 Å². The Morgan fingerprint density at radius 2 is 1.76 bits per heavy atom. The van der Waals surface area contributed by atoms with Crippen LogP contribution >= 0.6 is 0 Å². The second-order valence-electron chi connectivity index (χ2n) is 5.29. The van der Waals surface area contributed by atoms with Crippen LogP contribution in [-0.4, -0.2) is 24.3 Å². The zero-order valence-corrected chi connectivity index (χ0v) is 13.8. The van der Waals surface area contributed by atoms with Gasteiger partial charge in [0, 0.05) is 6.07 Å². The molecule has 0 aliphatic heterocycles. The number of ether oxygens (including phenoxy) is 2. The van der Waals surface area contributed by atoms with E-state index < -0.39 is 0 Å². The van der Waals surface area contributed by atoms with Gasteiger partial charge in [0.25, 0.3) is 5.91 Å². The average molecular weight is 338 g/mol. The Labute approximate surface area is 145 Å². The van der Waals surface area contributed by atoms with E-state index in [4.69, 9.17) is 14.0 Å². The summed E-state index contributed by atoms with van der Waals surface area (Å²) < 4.78 is 16.3. The summed E-state index contributed by atoms with van der Waals surface area (Å²) in [6, 6.07) is 18.3. The normalized spacial score (nSPS) is 10.3. The molecule has 1 N–H and O–H groups in total. The Morgan fingerprint density at radius 1 is 1.04 bits per heavy atom. The number of anilines is 1. The summed E-state index contributed by atoms with van der Waals surface area (Å²) in [4.78, 5) is 12.2. The molecule has 0 spiro atoms. The Morgan fingerprint density at radius 3 is 2.52 bits per heavy atom. The van der Waals surface area contributed by atoms with Crippen molar-refractivity contribution in [2.45, 2.75) is 6.92 Å². The number of benzene rings is 2. The number of carbonyl (C=O) groups excluding carboxylic acids is 1. The predicted molar refractivity (Wildman–Crippen MR) is 93.1 cm³/mol. The van der Waals surface area contributed by atoms with Gasteiger partial charge < -0.3 is 19.3 Å². The van der Waals surface area contributed by atoms with E-state index in [0.29, 0.717) is 30.3 Å². The van der Waals surface area contributed by atoms with Crippen molar-refractivity contribution >= 4 is 11.6 Å². The third kappa shape index (κ3) is 4.60. The number of hydrogen-bond donors (Lipinski definition) is 1. The van der Waals surface area contributed by atoms with Crippen LogP contribution in [0.3, 0.4) is 0 Å². The lowest BCUT2D eigenvalue weighted by atomic mass is 10.2. The highest BCUT2D eigenvalue weighted by Crippen LogP contribution is 2.24. The molecule has 6 heteroatoms. The van der Waals surface area contributed by atoms with E-state index in [1.165, 1.54) is 0 Å². The van der Waals surface area contributed by atoms with Crippen LogP contribution in [0.5, 0.6) is 11.5 Å². The zero-order chi connectivity index (χ0) is 17.5. The van der Waals surface area contributed by atoms with Crippen LogP contribution in [0.1, 0.15) is 16.2 Å². The van der Waals surface area contributed by atoms with Crippen molar-refractivity contribution in [3.05, 3.63) is 72.1 Å². The number of carbonyl (C=O) groups is 1. The van der Waals surface area contributed by atoms with Gasteiger partial charge in [-0.2, -0.15) is 0 Å². The van der Waals surface area contributed by atoms with Gasteiger partial charge >= 0.3 is 0 Å². The van der Waals surface area contributed by atoms with Gasteiger partial charge in [0.15, 0.2) is 0 Å². The number of aryl methyl sites for hydroxylation is 1. The number of nitrogens with one attached hydrogen (secondary N) is 1. The first-order valence-corrected chi connectivity index (χ1v) is 7.87. The van der Waals surface area contributed by atoms with Crippen molar-refractivity contribution in [1.82, 2.24) is 5.16 Å². The Hall–Kier alpha value is -3.28. The van der Waals surface area contributed by atoms with Crippen molar-refractivity contribution < 1.29 is 18.8 Å². The number of nitrogens with zero attached hydrogens (tertiary/aromatic N) is 1. The first-order valence-electron chi connectivity index (χ1n) is 7.87. The van der Waals surface area contributed by atoms with Crippen LogP contribution in [0.15, 0.2) is 65.2 Å². The summed E-state index contributed by atoms with van der Waals surface area (Å²) >= 11 is 0. The lowest BCUT2D eigenvalue weighted by Gasteiger charge is -2.12. The predicted octanol–water partition coefficient (Wildman–Crippen LogP) is 3.69. The van der Waals surface area contributed by atoms with E-state index in [1.807, 2.05) is 42.5 Å². The number of para-hydroxylation sites is 3. The molecule has 0 saturated heterocycles. The summed E-state index contributed by atoms with van der Waals surface area (Å²) in [6.07, 6.45) is 0. The Kier molecular flexibility index (Phi) is 5.31. The molecule has 6 nitrogen and oxygen atoms in total. The third-order valence-corrected chi connectivity index (χ3v) is 3.34. The van der Waals surface area contributed by atoms with Gasteiger partial charge in [0.1, 0.15) is 24.7 Å². The topological polar surface area (TPSA) is 73.6 Å². The zero-order valence-electron chi connectivity index (χ0n) is 13.8. The molecular weight excluding hydrogens is 320 g/mol. The molecule has 2 aromatic carbocycles. The molecule has 0 aliphatic carbocycles. The van der Waals surface area contributed by atoms with Crippen LogP contribution < -0.4 is 14.8 Å². The summed E-state index contributed by atoms with van der Waals surface area (Å²) in [5.74, 6) is 1.12. The molecule has 0 atom stereocenters. The first kappa shape index (κ1) is 16.6. The number of rotatable bonds is 7. The Bertz CT molecular complexity index is 830. The first-order chi connectivity index (χ1) is 12.2. The minimum absolute atomic E-state index is 0.153. The molecule has 0 bridgehead atoms. The lowest BCUT2D eigenvalue weighted by molar-refractivity contribution is 0.0987. The molecule has 3 rings (SSSR count). The lowest BCUT2D eigenvalue weighted by Crippen LogP contribution is -2.14. The second-order valence-corrected chi connectivity index (χ2v) is 5.29. The molecule has 1 aromatic heterocycles. The molecule has 0 aliphatic rings. The fraction of sp³-hybridized carbons (Fsp3) is 0.158. The van der Waals surface area contributed by atoms with Gasteiger partial charge in [-0.05, 0) is 31.2 Å². The molecule has 128 valence electrons. The van der Waals surface area contributed by atoms with Crippen molar-refractivity contribution in [2.24, 2.45) is 0 Å². The quantitative estimate of drug-likeness (QED) is 0.665. The largest absolute Gasteiger partial charge is 0.490 e. The summed E-state index contributed by atoms with van der Waals surface area (Å²) in [6.45, 7) is 2.50. The number of aromatic nitrogens is 1. The minimum Gasteiger partial charge on any atom is -0.490 e. The maximum atomic E-state index is 12.2. The molecule has 1 heterocycles. The van der Waals surface area contributed by atoms with Crippen molar-refractivity contribution in [1.29, 1.82) is 0 Å². The van der Waals surface area contributed by atoms with Crippen LogP contribution in [0.4, 0.5) is 5.69 Å². The second kappa shape index (κ2) is 8.01. The Balaban J connectivity index is 1.56. The maximum absolute atomic E-state index is 12.2. The molecule has 3 aromatic rings. The van der Waals surface area contributed by atoms with Crippen molar-refractivity contribution in [3.8, 4) is 11.5 Å². The fourth-order valence-electron chi connectivity index (χ4n) is 2.18. The molecule has 0 fully saturated rings. The third-order valence-electron chi connectivity index (χ3n) is 3.34. The summed E-state index contributed by atoms with van der Waals surface area (Å²) in [5, 5.41) is 6.47. The van der Waals surface area contributed by atoms with Gasteiger partial charge in [-0.1, -0.05) is 35.5 Å². The molecule has 0 radical (unpaired) electrons. The average Bonchev–Trinajstić information content (AvgIpc) is 3.07. The van der Waals surface area contributed by atoms with Crippen LogP contribution in [0.25, 0.3) is 0 Å². The molecular formula is C19H18N2O4. The summed E-state index contributed by atoms with van der Waals surface area (Å²) in [5.41, 5.74) is 1.20.